The summed E-state index contributed by atoms with van der Waals surface area (Å²) < 4.78 is 26.9. The summed E-state index contributed by atoms with van der Waals surface area (Å²) in [4.78, 5) is 15.5. The number of aliphatic hydroxyl groups is 1. The standard InChI is InChI=1S/C13H8F2N2O2/c14-7-1-2-9-11(5-7)17-12(18)13(9,19)8-3-4-16-6-10(8)15/h1-6,19H,(H,17,18). The number of amides is 1. The fourth-order valence-electron chi connectivity index (χ4n) is 2.21. The van der Waals surface area contributed by atoms with Crippen LogP contribution in [-0.2, 0) is 10.4 Å². The second-order valence-electron chi connectivity index (χ2n) is 4.21. The summed E-state index contributed by atoms with van der Waals surface area (Å²) in [5.41, 5.74) is -2.14. The third-order valence-corrected chi connectivity index (χ3v) is 3.11. The van der Waals surface area contributed by atoms with Crippen LogP contribution in [0.1, 0.15) is 11.1 Å². The van der Waals surface area contributed by atoms with E-state index in [2.05, 4.69) is 10.3 Å². The Morgan fingerprint density at radius 3 is 2.74 bits per heavy atom. The maximum absolute atomic E-state index is 13.8. The van der Waals surface area contributed by atoms with E-state index in [-0.39, 0.29) is 16.8 Å². The highest BCUT2D eigenvalue weighted by molar-refractivity contribution is 6.07. The Morgan fingerprint density at radius 1 is 1.21 bits per heavy atom. The van der Waals surface area contributed by atoms with Crippen LogP contribution in [0.5, 0.6) is 0 Å². The number of hydrogen-bond donors (Lipinski definition) is 2. The predicted molar refractivity (Wildman–Crippen MR) is 62.2 cm³/mol. The number of nitrogens with zero attached hydrogens (tertiary/aromatic N) is 1. The molecule has 1 aromatic heterocycles. The van der Waals surface area contributed by atoms with E-state index in [1.807, 2.05) is 0 Å². The minimum atomic E-state index is -2.17. The molecule has 0 spiro atoms. The second kappa shape index (κ2) is 3.83. The summed E-state index contributed by atoms with van der Waals surface area (Å²) in [5.74, 6) is -2.19. The van der Waals surface area contributed by atoms with Crippen LogP contribution in [-0.4, -0.2) is 16.0 Å². The van der Waals surface area contributed by atoms with Gasteiger partial charge in [-0.05, 0) is 18.2 Å². The monoisotopic (exact) mass is 262 g/mol. The zero-order valence-electron chi connectivity index (χ0n) is 9.52. The first-order valence-corrected chi connectivity index (χ1v) is 5.47. The van der Waals surface area contributed by atoms with E-state index in [9.17, 15) is 18.7 Å². The number of anilines is 1. The van der Waals surface area contributed by atoms with Crippen molar-refractivity contribution >= 4 is 11.6 Å². The number of halogens is 2. The van der Waals surface area contributed by atoms with E-state index in [0.717, 1.165) is 18.3 Å². The number of fused-ring (bicyclic) bond motifs is 1. The second-order valence-corrected chi connectivity index (χ2v) is 4.21. The van der Waals surface area contributed by atoms with Crippen LogP contribution in [0.2, 0.25) is 0 Å². The fourth-order valence-corrected chi connectivity index (χ4v) is 2.21. The Labute approximate surface area is 106 Å². The Balaban J connectivity index is 2.26. The number of nitrogens with one attached hydrogen (secondary N) is 1. The highest BCUT2D eigenvalue weighted by Crippen LogP contribution is 2.41. The first kappa shape index (κ1) is 11.7. The molecule has 1 amide bonds. The minimum absolute atomic E-state index is 0.115. The van der Waals surface area contributed by atoms with Crippen molar-refractivity contribution in [3.63, 3.8) is 0 Å². The molecule has 0 saturated carbocycles. The smallest absolute Gasteiger partial charge is 0.265 e. The van der Waals surface area contributed by atoms with Gasteiger partial charge in [-0.25, -0.2) is 8.78 Å². The maximum atomic E-state index is 13.8. The van der Waals surface area contributed by atoms with Gasteiger partial charge in [-0.15, -0.1) is 0 Å². The van der Waals surface area contributed by atoms with Crippen LogP contribution in [0.15, 0.2) is 36.7 Å². The average Bonchev–Trinajstić information content (AvgIpc) is 2.62. The molecule has 0 saturated heterocycles. The summed E-state index contributed by atoms with van der Waals surface area (Å²) in [6, 6.07) is 4.64. The van der Waals surface area contributed by atoms with Gasteiger partial charge in [-0.1, -0.05) is 6.07 Å². The zero-order chi connectivity index (χ0) is 13.6. The Morgan fingerprint density at radius 2 is 2.00 bits per heavy atom. The highest BCUT2D eigenvalue weighted by Gasteiger charge is 2.48. The first-order chi connectivity index (χ1) is 9.03. The molecule has 1 aliphatic rings. The van der Waals surface area contributed by atoms with Gasteiger partial charge in [0.1, 0.15) is 11.6 Å². The topological polar surface area (TPSA) is 62.2 Å². The third-order valence-electron chi connectivity index (χ3n) is 3.11. The number of benzene rings is 1. The molecule has 1 aromatic carbocycles. The van der Waals surface area contributed by atoms with E-state index in [4.69, 9.17) is 0 Å². The van der Waals surface area contributed by atoms with E-state index in [0.29, 0.717) is 0 Å². The van der Waals surface area contributed by atoms with Gasteiger partial charge in [0.05, 0.1) is 11.9 Å². The van der Waals surface area contributed by atoms with Crippen molar-refractivity contribution in [3.8, 4) is 0 Å². The molecule has 2 aromatic rings. The largest absolute Gasteiger partial charge is 0.372 e. The molecule has 1 unspecified atom stereocenters. The zero-order valence-corrected chi connectivity index (χ0v) is 9.52. The van der Waals surface area contributed by atoms with Crippen molar-refractivity contribution in [1.29, 1.82) is 0 Å². The quantitative estimate of drug-likeness (QED) is 0.819. The molecule has 6 heteroatoms. The Hall–Kier alpha value is -2.34. The summed E-state index contributed by atoms with van der Waals surface area (Å²) in [7, 11) is 0. The van der Waals surface area contributed by atoms with Crippen LogP contribution in [0.25, 0.3) is 0 Å². The number of pyridine rings is 1. The van der Waals surface area contributed by atoms with Crippen molar-refractivity contribution in [2.24, 2.45) is 0 Å². The van der Waals surface area contributed by atoms with Crippen molar-refractivity contribution in [2.75, 3.05) is 5.32 Å². The lowest BCUT2D eigenvalue weighted by Gasteiger charge is -2.21. The predicted octanol–water partition coefficient (Wildman–Crippen LogP) is 1.55. The number of carbonyl (C=O) groups excluding carboxylic acids is 1. The van der Waals surface area contributed by atoms with Gasteiger partial charge in [0, 0.05) is 17.3 Å². The lowest BCUT2D eigenvalue weighted by molar-refractivity contribution is -0.129. The van der Waals surface area contributed by atoms with Crippen molar-refractivity contribution in [1.82, 2.24) is 4.98 Å². The minimum Gasteiger partial charge on any atom is -0.372 e. The molecule has 1 atom stereocenters. The number of hydrogen-bond acceptors (Lipinski definition) is 3. The molecule has 96 valence electrons. The highest BCUT2D eigenvalue weighted by atomic mass is 19.1. The fraction of sp³-hybridized carbons (Fsp3) is 0.0769. The van der Waals surface area contributed by atoms with Gasteiger partial charge in [0.15, 0.2) is 5.60 Å². The normalized spacial score (nSPS) is 21.1. The van der Waals surface area contributed by atoms with E-state index < -0.39 is 23.1 Å². The summed E-state index contributed by atoms with van der Waals surface area (Å²) in [6.45, 7) is 0. The van der Waals surface area contributed by atoms with Gasteiger partial charge in [0.25, 0.3) is 5.91 Å². The SMILES string of the molecule is O=C1Nc2cc(F)ccc2C1(O)c1ccncc1F. The van der Waals surface area contributed by atoms with Crippen LogP contribution in [0.3, 0.4) is 0 Å². The van der Waals surface area contributed by atoms with Crippen molar-refractivity contribution in [3.05, 3.63) is 59.4 Å². The molecule has 0 fully saturated rings. The summed E-state index contributed by atoms with van der Waals surface area (Å²) in [6.07, 6.45) is 2.17. The Kier molecular flexibility index (Phi) is 2.36. The first-order valence-electron chi connectivity index (χ1n) is 5.47. The van der Waals surface area contributed by atoms with E-state index in [1.54, 1.807) is 0 Å². The molecule has 1 aliphatic heterocycles. The Bertz CT molecular complexity index is 690. The van der Waals surface area contributed by atoms with E-state index >= 15 is 0 Å². The van der Waals surface area contributed by atoms with Crippen molar-refractivity contribution < 1.29 is 18.7 Å². The van der Waals surface area contributed by atoms with Gasteiger partial charge in [0.2, 0.25) is 0 Å². The molecule has 2 heterocycles. The maximum Gasteiger partial charge on any atom is 0.265 e. The molecular weight excluding hydrogens is 254 g/mol. The molecular formula is C13H8F2N2O2. The number of rotatable bonds is 1. The van der Waals surface area contributed by atoms with Gasteiger partial charge in [-0.3, -0.25) is 9.78 Å². The van der Waals surface area contributed by atoms with Crippen LogP contribution in [0.4, 0.5) is 14.5 Å². The third kappa shape index (κ3) is 1.53. The molecule has 0 bridgehead atoms. The lowest BCUT2D eigenvalue weighted by Crippen LogP contribution is -2.36. The molecule has 19 heavy (non-hydrogen) atoms. The van der Waals surface area contributed by atoms with Crippen LogP contribution < -0.4 is 5.32 Å². The summed E-state index contributed by atoms with van der Waals surface area (Å²) in [5, 5.41) is 12.9. The number of aromatic nitrogens is 1. The molecule has 3 rings (SSSR count). The van der Waals surface area contributed by atoms with Gasteiger partial charge in [-0.2, -0.15) is 0 Å². The lowest BCUT2D eigenvalue weighted by atomic mass is 9.88. The van der Waals surface area contributed by atoms with Crippen molar-refractivity contribution in [2.45, 2.75) is 5.60 Å². The van der Waals surface area contributed by atoms with E-state index in [1.165, 1.54) is 18.3 Å². The molecule has 2 N–H and O–H groups in total. The average molecular weight is 262 g/mol. The van der Waals surface area contributed by atoms with Gasteiger partial charge < -0.3 is 10.4 Å². The molecule has 0 aliphatic carbocycles. The van der Waals surface area contributed by atoms with Crippen LogP contribution >= 0.6 is 0 Å². The summed E-state index contributed by atoms with van der Waals surface area (Å²) >= 11 is 0. The molecule has 4 nitrogen and oxygen atoms in total. The van der Waals surface area contributed by atoms with Gasteiger partial charge >= 0.3 is 0 Å². The number of carbonyl (C=O) groups is 1. The van der Waals surface area contributed by atoms with Crippen LogP contribution in [0, 0.1) is 11.6 Å². The molecule has 0 radical (unpaired) electrons.